The molecular weight excluding hydrogens is 160 g/mol. The van der Waals surface area contributed by atoms with Gasteiger partial charge >= 0.3 is 0 Å². The highest BCUT2D eigenvalue weighted by Crippen LogP contribution is 2.53. The van der Waals surface area contributed by atoms with Crippen molar-refractivity contribution in [3.63, 3.8) is 0 Å². The van der Waals surface area contributed by atoms with E-state index in [0.29, 0.717) is 11.3 Å². The lowest BCUT2D eigenvalue weighted by atomic mass is 9.64. The molecule has 1 heteroatoms. The first kappa shape index (κ1) is 9.26. The molecule has 0 aliphatic heterocycles. The van der Waals surface area contributed by atoms with Crippen LogP contribution in [0.25, 0.3) is 0 Å². The van der Waals surface area contributed by atoms with Crippen molar-refractivity contribution in [3.05, 3.63) is 11.6 Å². The molecule has 0 amide bonds. The Bertz CT molecular complexity index is 223. The van der Waals surface area contributed by atoms with Gasteiger partial charge in [0.2, 0.25) is 0 Å². The average Bonchev–Trinajstić information content (AvgIpc) is 2.50. The number of aliphatic hydroxyl groups excluding tert-OH is 1. The Balaban J connectivity index is 2.30. The Morgan fingerprint density at radius 1 is 1.38 bits per heavy atom. The van der Waals surface area contributed by atoms with Gasteiger partial charge in [0.05, 0.1) is 6.10 Å². The molecule has 13 heavy (non-hydrogen) atoms. The fourth-order valence-electron chi connectivity index (χ4n) is 3.39. The van der Waals surface area contributed by atoms with E-state index in [1.54, 1.807) is 0 Å². The van der Waals surface area contributed by atoms with Crippen molar-refractivity contribution in [2.24, 2.45) is 11.3 Å². The summed E-state index contributed by atoms with van der Waals surface area (Å²) in [6.07, 6.45) is 8.34. The predicted molar refractivity (Wildman–Crippen MR) is 54.4 cm³/mol. The van der Waals surface area contributed by atoms with Gasteiger partial charge in [-0.3, -0.25) is 0 Å². The highest BCUT2D eigenvalue weighted by Gasteiger charge is 2.43. The molecule has 74 valence electrons. The third kappa shape index (κ3) is 1.34. The molecule has 2 atom stereocenters. The highest BCUT2D eigenvalue weighted by atomic mass is 16.3. The Kier molecular flexibility index (Phi) is 2.23. The zero-order valence-corrected chi connectivity index (χ0v) is 8.71. The van der Waals surface area contributed by atoms with E-state index in [0.717, 1.165) is 6.42 Å². The van der Waals surface area contributed by atoms with Gasteiger partial charge in [0.15, 0.2) is 0 Å². The van der Waals surface area contributed by atoms with Gasteiger partial charge in [-0.2, -0.15) is 0 Å². The minimum Gasteiger partial charge on any atom is -0.389 e. The standard InChI is InChI=1S/C12H20O/c1-9-7-11(13)8-10(2)12(9)5-3-4-6-12/h7,10-11,13H,3-6,8H2,1-2H3/t10-,11?/m0/s1. The third-order valence-corrected chi connectivity index (χ3v) is 4.26. The van der Waals surface area contributed by atoms with Crippen LogP contribution in [0.5, 0.6) is 0 Å². The number of allylic oxidation sites excluding steroid dienone is 1. The molecule has 1 unspecified atom stereocenters. The van der Waals surface area contributed by atoms with Gasteiger partial charge in [0.25, 0.3) is 0 Å². The Morgan fingerprint density at radius 2 is 2.00 bits per heavy atom. The van der Waals surface area contributed by atoms with Gasteiger partial charge in [-0.05, 0) is 37.5 Å². The van der Waals surface area contributed by atoms with Crippen molar-refractivity contribution in [1.29, 1.82) is 0 Å². The van der Waals surface area contributed by atoms with Gasteiger partial charge < -0.3 is 5.11 Å². The molecule has 2 aliphatic rings. The molecule has 0 aromatic rings. The largest absolute Gasteiger partial charge is 0.389 e. The van der Waals surface area contributed by atoms with Crippen LogP contribution >= 0.6 is 0 Å². The van der Waals surface area contributed by atoms with Gasteiger partial charge in [-0.1, -0.05) is 31.4 Å². The van der Waals surface area contributed by atoms with E-state index in [1.807, 2.05) is 0 Å². The third-order valence-electron chi connectivity index (χ3n) is 4.26. The van der Waals surface area contributed by atoms with Crippen LogP contribution in [-0.4, -0.2) is 11.2 Å². The lowest BCUT2D eigenvalue weighted by Gasteiger charge is -2.41. The maximum absolute atomic E-state index is 9.62. The van der Waals surface area contributed by atoms with E-state index in [2.05, 4.69) is 19.9 Å². The molecule has 0 aromatic carbocycles. The summed E-state index contributed by atoms with van der Waals surface area (Å²) in [5.41, 5.74) is 1.93. The van der Waals surface area contributed by atoms with E-state index in [4.69, 9.17) is 0 Å². The number of aliphatic hydroxyl groups is 1. The van der Waals surface area contributed by atoms with Crippen molar-refractivity contribution in [3.8, 4) is 0 Å². The first-order valence-corrected chi connectivity index (χ1v) is 5.52. The summed E-state index contributed by atoms with van der Waals surface area (Å²) in [6, 6.07) is 0. The lowest BCUT2D eigenvalue weighted by molar-refractivity contribution is 0.113. The molecule has 0 saturated heterocycles. The molecule has 2 aliphatic carbocycles. The van der Waals surface area contributed by atoms with Crippen molar-refractivity contribution in [1.82, 2.24) is 0 Å². The van der Waals surface area contributed by atoms with Crippen molar-refractivity contribution in [2.45, 2.75) is 52.1 Å². The Labute approximate surface area is 80.8 Å². The van der Waals surface area contributed by atoms with Crippen molar-refractivity contribution < 1.29 is 5.11 Å². The zero-order chi connectivity index (χ0) is 9.47. The van der Waals surface area contributed by atoms with Crippen LogP contribution in [0, 0.1) is 11.3 Å². The second-order valence-electron chi connectivity index (χ2n) is 4.92. The minimum absolute atomic E-state index is 0.179. The molecule has 0 radical (unpaired) electrons. The van der Waals surface area contributed by atoms with Gasteiger partial charge in [0, 0.05) is 0 Å². The Hall–Kier alpha value is -0.300. The fraction of sp³-hybridized carbons (Fsp3) is 0.833. The van der Waals surface area contributed by atoms with Crippen LogP contribution in [0.15, 0.2) is 11.6 Å². The summed E-state index contributed by atoms with van der Waals surface area (Å²) < 4.78 is 0. The normalized spacial score (nSPS) is 37.9. The minimum atomic E-state index is -0.179. The van der Waals surface area contributed by atoms with Crippen LogP contribution in [0.3, 0.4) is 0 Å². The summed E-state index contributed by atoms with van der Waals surface area (Å²) in [5.74, 6) is 0.676. The maximum Gasteiger partial charge on any atom is 0.0726 e. The van der Waals surface area contributed by atoms with Gasteiger partial charge in [-0.25, -0.2) is 0 Å². The molecule has 0 heterocycles. The Morgan fingerprint density at radius 3 is 2.54 bits per heavy atom. The molecule has 1 saturated carbocycles. The molecular formula is C12H20O. The number of hydrogen-bond acceptors (Lipinski definition) is 1. The first-order valence-electron chi connectivity index (χ1n) is 5.52. The zero-order valence-electron chi connectivity index (χ0n) is 8.71. The van der Waals surface area contributed by atoms with Crippen LogP contribution in [0.4, 0.5) is 0 Å². The SMILES string of the molecule is CC1=CC(O)C[C@H](C)C12CCCC2. The van der Waals surface area contributed by atoms with Crippen LogP contribution < -0.4 is 0 Å². The molecule has 0 aromatic heterocycles. The fourth-order valence-corrected chi connectivity index (χ4v) is 3.39. The predicted octanol–water partition coefficient (Wildman–Crippen LogP) is 2.89. The van der Waals surface area contributed by atoms with E-state index in [9.17, 15) is 5.11 Å². The quantitative estimate of drug-likeness (QED) is 0.568. The molecule has 1 N–H and O–H groups in total. The maximum atomic E-state index is 9.62. The van der Waals surface area contributed by atoms with E-state index < -0.39 is 0 Å². The van der Waals surface area contributed by atoms with Crippen molar-refractivity contribution in [2.75, 3.05) is 0 Å². The van der Waals surface area contributed by atoms with Crippen LogP contribution in [0.2, 0.25) is 0 Å². The monoisotopic (exact) mass is 180 g/mol. The molecule has 2 rings (SSSR count). The molecule has 1 nitrogen and oxygen atoms in total. The van der Waals surface area contributed by atoms with Gasteiger partial charge in [-0.15, -0.1) is 0 Å². The smallest absolute Gasteiger partial charge is 0.0726 e. The molecule has 1 fully saturated rings. The average molecular weight is 180 g/mol. The van der Waals surface area contributed by atoms with Gasteiger partial charge in [0.1, 0.15) is 0 Å². The van der Waals surface area contributed by atoms with E-state index in [1.165, 1.54) is 31.3 Å². The molecule has 1 spiro atoms. The number of hydrogen-bond donors (Lipinski definition) is 1. The first-order chi connectivity index (χ1) is 6.15. The van der Waals surface area contributed by atoms with Crippen LogP contribution in [0.1, 0.15) is 46.0 Å². The topological polar surface area (TPSA) is 20.2 Å². The number of rotatable bonds is 0. The lowest BCUT2D eigenvalue weighted by Crippen LogP contribution is -2.34. The summed E-state index contributed by atoms with van der Waals surface area (Å²) >= 11 is 0. The van der Waals surface area contributed by atoms with E-state index in [-0.39, 0.29) is 6.10 Å². The molecule has 0 bridgehead atoms. The highest BCUT2D eigenvalue weighted by molar-refractivity contribution is 5.21. The van der Waals surface area contributed by atoms with Crippen LogP contribution in [-0.2, 0) is 0 Å². The van der Waals surface area contributed by atoms with E-state index >= 15 is 0 Å². The summed E-state index contributed by atoms with van der Waals surface area (Å²) in [5, 5.41) is 9.62. The second kappa shape index (κ2) is 3.13. The summed E-state index contributed by atoms with van der Waals surface area (Å²) in [6.45, 7) is 4.52. The van der Waals surface area contributed by atoms with Crippen molar-refractivity contribution >= 4 is 0 Å². The second-order valence-corrected chi connectivity index (χ2v) is 4.92. The summed E-state index contributed by atoms with van der Waals surface area (Å²) in [4.78, 5) is 0. The summed E-state index contributed by atoms with van der Waals surface area (Å²) in [7, 11) is 0.